The summed E-state index contributed by atoms with van der Waals surface area (Å²) in [6.07, 6.45) is 1.79. The molecule has 0 saturated carbocycles. The SMILES string of the molecule is CCC(C)C(C)C(=O)N1CCc2ccc(C(=O)O)cc2C1. The molecule has 2 atom stereocenters. The zero-order chi connectivity index (χ0) is 15.6. The number of rotatable bonds is 4. The zero-order valence-corrected chi connectivity index (χ0v) is 12.9. The van der Waals surface area contributed by atoms with Gasteiger partial charge in [0.2, 0.25) is 5.91 Å². The summed E-state index contributed by atoms with van der Waals surface area (Å²) in [5, 5.41) is 9.07. The van der Waals surface area contributed by atoms with E-state index in [9.17, 15) is 9.59 Å². The molecule has 1 heterocycles. The fourth-order valence-electron chi connectivity index (χ4n) is 2.76. The Morgan fingerprint density at radius 3 is 2.62 bits per heavy atom. The molecule has 0 bridgehead atoms. The number of benzene rings is 1. The first-order chi connectivity index (χ1) is 9.93. The molecule has 1 amide bonds. The van der Waals surface area contributed by atoms with Gasteiger partial charge in [0, 0.05) is 19.0 Å². The van der Waals surface area contributed by atoms with Crippen molar-refractivity contribution < 1.29 is 14.7 Å². The summed E-state index contributed by atoms with van der Waals surface area (Å²) in [5.41, 5.74) is 2.41. The van der Waals surface area contributed by atoms with Crippen molar-refractivity contribution in [3.05, 3.63) is 34.9 Å². The quantitative estimate of drug-likeness (QED) is 0.927. The highest BCUT2D eigenvalue weighted by Gasteiger charge is 2.27. The van der Waals surface area contributed by atoms with Gasteiger partial charge in [-0.15, -0.1) is 0 Å². The fraction of sp³-hybridized carbons (Fsp3) is 0.529. The van der Waals surface area contributed by atoms with E-state index in [2.05, 4.69) is 13.8 Å². The largest absolute Gasteiger partial charge is 0.478 e. The van der Waals surface area contributed by atoms with E-state index >= 15 is 0 Å². The van der Waals surface area contributed by atoms with Gasteiger partial charge in [-0.05, 0) is 35.6 Å². The third-order valence-corrected chi connectivity index (χ3v) is 4.66. The van der Waals surface area contributed by atoms with Crippen LogP contribution in [0.3, 0.4) is 0 Å². The van der Waals surface area contributed by atoms with Gasteiger partial charge >= 0.3 is 5.97 Å². The van der Waals surface area contributed by atoms with Crippen LogP contribution in [0, 0.1) is 11.8 Å². The monoisotopic (exact) mass is 289 g/mol. The number of aromatic carboxylic acids is 1. The molecule has 0 saturated heterocycles. The molecule has 4 nitrogen and oxygen atoms in total. The molecular formula is C17H23NO3. The molecule has 1 aromatic carbocycles. The van der Waals surface area contributed by atoms with Crippen LogP contribution in [0.15, 0.2) is 18.2 Å². The minimum Gasteiger partial charge on any atom is -0.478 e. The lowest BCUT2D eigenvalue weighted by Gasteiger charge is -2.32. The molecule has 1 N–H and O–H groups in total. The van der Waals surface area contributed by atoms with Crippen LogP contribution in [0.25, 0.3) is 0 Å². The fourth-order valence-corrected chi connectivity index (χ4v) is 2.76. The van der Waals surface area contributed by atoms with Gasteiger partial charge < -0.3 is 10.0 Å². The first kappa shape index (κ1) is 15.5. The molecular weight excluding hydrogens is 266 g/mol. The average Bonchev–Trinajstić information content (AvgIpc) is 2.51. The van der Waals surface area contributed by atoms with Crippen LogP contribution in [0.4, 0.5) is 0 Å². The lowest BCUT2D eigenvalue weighted by atomic mass is 9.90. The maximum atomic E-state index is 12.5. The van der Waals surface area contributed by atoms with Crippen LogP contribution in [0.2, 0.25) is 0 Å². The molecule has 0 aliphatic carbocycles. The second-order valence-electron chi connectivity index (χ2n) is 5.97. The summed E-state index contributed by atoms with van der Waals surface area (Å²) in [6, 6.07) is 5.21. The second-order valence-corrected chi connectivity index (χ2v) is 5.97. The van der Waals surface area contributed by atoms with Crippen LogP contribution in [-0.4, -0.2) is 28.4 Å². The molecule has 0 radical (unpaired) electrons. The molecule has 1 aliphatic heterocycles. The number of carboxylic acid groups (broad SMARTS) is 1. The lowest BCUT2D eigenvalue weighted by molar-refractivity contribution is -0.137. The summed E-state index contributed by atoms with van der Waals surface area (Å²) in [6.45, 7) is 7.43. The van der Waals surface area contributed by atoms with Gasteiger partial charge in [0.1, 0.15) is 0 Å². The highest BCUT2D eigenvalue weighted by Crippen LogP contribution is 2.24. The summed E-state index contributed by atoms with van der Waals surface area (Å²) in [7, 11) is 0. The summed E-state index contributed by atoms with van der Waals surface area (Å²) in [4.78, 5) is 25.5. The van der Waals surface area contributed by atoms with E-state index in [0.29, 0.717) is 12.5 Å². The standard InChI is InChI=1S/C17H23NO3/c1-4-11(2)12(3)16(19)18-8-7-13-5-6-14(17(20)21)9-15(13)10-18/h5-6,9,11-12H,4,7-8,10H2,1-3H3,(H,20,21). The Labute approximate surface area is 125 Å². The summed E-state index contributed by atoms with van der Waals surface area (Å²) >= 11 is 0. The van der Waals surface area contributed by atoms with Crippen molar-refractivity contribution in [2.75, 3.05) is 6.54 Å². The minimum atomic E-state index is -0.922. The van der Waals surface area contributed by atoms with Crippen LogP contribution in [0.1, 0.15) is 48.7 Å². The highest BCUT2D eigenvalue weighted by molar-refractivity contribution is 5.88. The molecule has 2 unspecified atom stereocenters. The Morgan fingerprint density at radius 2 is 2.00 bits per heavy atom. The van der Waals surface area contributed by atoms with Gasteiger partial charge in [0.15, 0.2) is 0 Å². The molecule has 1 aliphatic rings. The first-order valence-corrected chi connectivity index (χ1v) is 7.58. The minimum absolute atomic E-state index is 0.0132. The molecule has 0 fully saturated rings. The van der Waals surface area contributed by atoms with Crippen molar-refractivity contribution in [1.82, 2.24) is 4.90 Å². The van der Waals surface area contributed by atoms with Gasteiger partial charge in [-0.25, -0.2) is 4.79 Å². The number of fused-ring (bicyclic) bond motifs is 1. The topological polar surface area (TPSA) is 57.6 Å². The molecule has 0 spiro atoms. The number of carboxylic acids is 1. The Balaban J connectivity index is 2.16. The average molecular weight is 289 g/mol. The third-order valence-electron chi connectivity index (χ3n) is 4.66. The van der Waals surface area contributed by atoms with Crippen molar-refractivity contribution in [2.45, 2.75) is 40.2 Å². The second kappa shape index (κ2) is 6.29. The molecule has 2 rings (SSSR count). The van der Waals surface area contributed by atoms with Crippen LogP contribution < -0.4 is 0 Å². The Morgan fingerprint density at radius 1 is 1.29 bits per heavy atom. The van der Waals surface area contributed by atoms with Crippen molar-refractivity contribution in [3.63, 3.8) is 0 Å². The molecule has 4 heteroatoms. The maximum Gasteiger partial charge on any atom is 0.335 e. The number of amides is 1. The van der Waals surface area contributed by atoms with Gasteiger partial charge in [0.25, 0.3) is 0 Å². The van der Waals surface area contributed by atoms with Crippen molar-refractivity contribution in [2.24, 2.45) is 11.8 Å². The molecule has 1 aromatic rings. The number of hydrogen-bond acceptors (Lipinski definition) is 2. The Bertz CT molecular complexity index is 553. The highest BCUT2D eigenvalue weighted by atomic mass is 16.4. The van der Waals surface area contributed by atoms with Crippen LogP contribution in [-0.2, 0) is 17.8 Å². The predicted molar refractivity (Wildman–Crippen MR) is 81.1 cm³/mol. The number of carbonyl (C=O) groups is 2. The smallest absolute Gasteiger partial charge is 0.335 e. The predicted octanol–water partition coefficient (Wildman–Crippen LogP) is 2.95. The number of carbonyl (C=O) groups excluding carboxylic acids is 1. The lowest BCUT2D eigenvalue weighted by Crippen LogP contribution is -2.40. The Hall–Kier alpha value is -1.84. The van der Waals surface area contributed by atoms with E-state index in [-0.39, 0.29) is 17.4 Å². The van der Waals surface area contributed by atoms with E-state index in [0.717, 1.165) is 30.5 Å². The molecule has 21 heavy (non-hydrogen) atoms. The number of hydrogen-bond donors (Lipinski definition) is 1. The van der Waals surface area contributed by atoms with Crippen molar-refractivity contribution >= 4 is 11.9 Å². The van der Waals surface area contributed by atoms with Gasteiger partial charge in [0.05, 0.1) is 5.56 Å². The van der Waals surface area contributed by atoms with E-state index < -0.39 is 5.97 Å². The van der Waals surface area contributed by atoms with Crippen LogP contribution >= 0.6 is 0 Å². The van der Waals surface area contributed by atoms with E-state index in [1.165, 1.54) is 0 Å². The van der Waals surface area contributed by atoms with E-state index in [1.807, 2.05) is 17.9 Å². The number of nitrogens with zero attached hydrogens (tertiary/aromatic N) is 1. The summed E-state index contributed by atoms with van der Waals surface area (Å²) in [5.74, 6) is -0.367. The Kier molecular flexibility index (Phi) is 4.66. The van der Waals surface area contributed by atoms with Gasteiger partial charge in [-0.3, -0.25) is 4.79 Å². The van der Waals surface area contributed by atoms with E-state index in [1.54, 1.807) is 12.1 Å². The normalized spacial score (nSPS) is 17.0. The van der Waals surface area contributed by atoms with Gasteiger partial charge in [-0.1, -0.05) is 33.3 Å². The molecule has 114 valence electrons. The maximum absolute atomic E-state index is 12.5. The van der Waals surface area contributed by atoms with Crippen molar-refractivity contribution in [1.29, 1.82) is 0 Å². The molecule has 0 aromatic heterocycles. The zero-order valence-electron chi connectivity index (χ0n) is 12.9. The van der Waals surface area contributed by atoms with Crippen LogP contribution in [0.5, 0.6) is 0 Å². The summed E-state index contributed by atoms with van der Waals surface area (Å²) < 4.78 is 0. The van der Waals surface area contributed by atoms with E-state index in [4.69, 9.17) is 5.11 Å². The van der Waals surface area contributed by atoms with Gasteiger partial charge in [-0.2, -0.15) is 0 Å². The first-order valence-electron chi connectivity index (χ1n) is 7.58. The van der Waals surface area contributed by atoms with Crippen molar-refractivity contribution in [3.8, 4) is 0 Å². The third kappa shape index (κ3) is 3.26.